The Morgan fingerprint density at radius 3 is 2.76 bits per heavy atom. The van der Waals surface area contributed by atoms with E-state index in [1.54, 1.807) is 11.0 Å². The van der Waals surface area contributed by atoms with E-state index >= 15 is 0 Å². The molecule has 1 aromatic rings. The molecule has 1 unspecified atom stereocenters. The van der Waals surface area contributed by atoms with Gasteiger partial charge in [0.25, 0.3) is 11.6 Å². The zero-order valence-electron chi connectivity index (χ0n) is 12.1. The van der Waals surface area contributed by atoms with Crippen LogP contribution in [0.1, 0.15) is 31.1 Å². The van der Waals surface area contributed by atoms with Gasteiger partial charge in [-0.3, -0.25) is 14.9 Å². The number of morpholine rings is 1. The Kier molecular flexibility index (Phi) is 4.34. The van der Waals surface area contributed by atoms with E-state index < -0.39 is 10.5 Å². The summed E-state index contributed by atoms with van der Waals surface area (Å²) in [5.41, 5.74) is -0.240. The van der Waals surface area contributed by atoms with Crippen LogP contribution in [-0.2, 0) is 4.74 Å². The van der Waals surface area contributed by atoms with Gasteiger partial charge in [-0.15, -0.1) is 0 Å². The molecule has 1 aromatic carbocycles. The molecule has 0 radical (unpaired) electrons. The molecular formula is C14H17BrN2O4. The highest BCUT2D eigenvalue weighted by Crippen LogP contribution is 2.30. The number of nitrogens with zero attached hydrogens (tertiary/aromatic N) is 2. The Morgan fingerprint density at radius 1 is 1.52 bits per heavy atom. The van der Waals surface area contributed by atoms with Crippen molar-refractivity contribution in [1.29, 1.82) is 0 Å². The lowest BCUT2D eigenvalue weighted by atomic mass is 10.0. The third-order valence-electron chi connectivity index (χ3n) is 3.26. The van der Waals surface area contributed by atoms with Crippen molar-refractivity contribution < 1.29 is 14.5 Å². The van der Waals surface area contributed by atoms with Crippen LogP contribution in [0, 0.1) is 10.1 Å². The summed E-state index contributed by atoms with van der Waals surface area (Å²) in [6, 6.07) is 4.48. The van der Waals surface area contributed by atoms with Gasteiger partial charge < -0.3 is 9.64 Å². The Bertz CT molecular complexity index is 588. The summed E-state index contributed by atoms with van der Waals surface area (Å²) in [5.74, 6) is -0.228. The van der Waals surface area contributed by atoms with Crippen molar-refractivity contribution >= 4 is 27.5 Å². The normalized spacial score (nSPS) is 21.1. The van der Waals surface area contributed by atoms with Crippen molar-refractivity contribution in [1.82, 2.24) is 4.90 Å². The fourth-order valence-electron chi connectivity index (χ4n) is 2.60. The van der Waals surface area contributed by atoms with Crippen LogP contribution in [0.25, 0.3) is 0 Å². The number of halogens is 1. The summed E-state index contributed by atoms with van der Waals surface area (Å²) in [6.07, 6.45) is -0.0739. The summed E-state index contributed by atoms with van der Waals surface area (Å²) >= 11 is 3.17. The zero-order valence-corrected chi connectivity index (χ0v) is 13.7. The molecular weight excluding hydrogens is 340 g/mol. The average Bonchev–Trinajstić information content (AvgIpc) is 2.35. The van der Waals surface area contributed by atoms with Crippen molar-refractivity contribution in [3.05, 3.63) is 38.3 Å². The highest BCUT2D eigenvalue weighted by molar-refractivity contribution is 9.10. The van der Waals surface area contributed by atoms with Crippen LogP contribution in [0.15, 0.2) is 22.7 Å². The molecule has 0 aromatic heterocycles. The standard InChI is InChI=1S/C14H17BrN2O4/c1-9-7-16(8-14(2,3)21-9)13(18)10-5-4-6-11(12(10)15)17(19)20/h4-6,9H,7-8H2,1-3H3. The maximum absolute atomic E-state index is 12.6. The highest BCUT2D eigenvalue weighted by atomic mass is 79.9. The van der Waals surface area contributed by atoms with Gasteiger partial charge in [-0.2, -0.15) is 0 Å². The van der Waals surface area contributed by atoms with Gasteiger partial charge in [0.2, 0.25) is 0 Å². The van der Waals surface area contributed by atoms with E-state index in [0.717, 1.165) is 0 Å². The van der Waals surface area contributed by atoms with E-state index in [9.17, 15) is 14.9 Å². The third-order valence-corrected chi connectivity index (χ3v) is 4.10. The van der Waals surface area contributed by atoms with Crippen LogP contribution in [-0.4, -0.2) is 40.5 Å². The van der Waals surface area contributed by atoms with E-state index in [2.05, 4.69) is 15.9 Å². The average molecular weight is 357 g/mol. The van der Waals surface area contributed by atoms with Crippen molar-refractivity contribution in [2.75, 3.05) is 13.1 Å². The first-order valence-electron chi connectivity index (χ1n) is 6.61. The van der Waals surface area contributed by atoms with Crippen molar-refractivity contribution in [2.24, 2.45) is 0 Å². The first kappa shape index (κ1) is 15.9. The number of nitro groups is 1. The maximum Gasteiger partial charge on any atom is 0.284 e. The Hall–Kier alpha value is -1.47. The van der Waals surface area contributed by atoms with E-state index in [-0.39, 0.29) is 22.2 Å². The second kappa shape index (κ2) is 5.73. The summed E-state index contributed by atoms with van der Waals surface area (Å²) < 4.78 is 5.99. The van der Waals surface area contributed by atoms with Crippen molar-refractivity contribution in [3.8, 4) is 0 Å². The minimum atomic E-state index is -0.507. The fraction of sp³-hybridized carbons (Fsp3) is 0.500. The Balaban J connectivity index is 2.32. The SMILES string of the molecule is CC1CN(C(=O)c2cccc([N+](=O)[O-])c2Br)CC(C)(C)O1. The largest absolute Gasteiger partial charge is 0.369 e. The molecule has 2 rings (SSSR count). The van der Waals surface area contributed by atoms with Crippen molar-refractivity contribution in [3.63, 3.8) is 0 Å². The van der Waals surface area contributed by atoms with Gasteiger partial charge in [0.05, 0.1) is 22.2 Å². The first-order chi connectivity index (χ1) is 9.71. The molecule has 1 amide bonds. The van der Waals surface area contributed by atoms with Gasteiger partial charge in [-0.05, 0) is 42.8 Å². The molecule has 0 aliphatic carbocycles. The third kappa shape index (κ3) is 3.41. The molecule has 1 aliphatic heterocycles. The van der Waals surface area contributed by atoms with Crippen LogP contribution in [0.5, 0.6) is 0 Å². The fourth-order valence-corrected chi connectivity index (χ4v) is 3.18. The molecule has 7 heteroatoms. The van der Waals surface area contributed by atoms with Crippen LogP contribution < -0.4 is 0 Å². The molecule has 1 heterocycles. The van der Waals surface area contributed by atoms with E-state index in [4.69, 9.17) is 4.74 Å². The van der Waals surface area contributed by atoms with E-state index in [1.807, 2.05) is 20.8 Å². The lowest BCUT2D eigenvalue weighted by molar-refractivity contribution is -0.385. The number of amides is 1. The van der Waals surface area contributed by atoms with Gasteiger partial charge >= 0.3 is 0 Å². The summed E-state index contributed by atoms with van der Waals surface area (Å²) in [4.78, 5) is 24.8. The smallest absolute Gasteiger partial charge is 0.284 e. The summed E-state index contributed by atoms with van der Waals surface area (Å²) in [7, 11) is 0. The minimum Gasteiger partial charge on any atom is -0.369 e. The molecule has 114 valence electrons. The lowest BCUT2D eigenvalue weighted by Gasteiger charge is -2.41. The molecule has 1 saturated heterocycles. The molecule has 1 atom stereocenters. The lowest BCUT2D eigenvalue weighted by Crippen LogP contribution is -2.53. The van der Waals surface area contributed by atoms with Crippen LogP contribution in [0.4, 0.5) is 5.69 Å². The maximum atomic E-state index is 12.6. The number of ether oxygens (including phenoxy) is 1. The van der Waals surface area contributed by atoms with E-state index in [0.29, 0.717) is 18.7 Å². The van der Waals surface area contributed by atoms with Crippen LogP contribution in [0.3, 0.4) is 0 Å². The second-order valence-electron chi connectivity index (χ2n) is 5.77. The topological polar surface area (TPSA) is 72.7 Å². The summed E-state index contributed by atoms with van der Waals surface area (Å²) in [5, 5.41) is 11.0. The highest BCUT2D eigenvalue weighted by Gasteiger charge is 2.35. The van der Waals surface area contributed by atoms with Gasteiger partial charge in [0, 0.05) is 19.2 Å². The predicted octanol–water partition coefficient (Wildman–Crippen LogP) is 3.00. The van der Waals surface area contributed by atoms with Crippen LogP contribution >= 0.6 is 15.9 Å². The second-order valence-corrected chi connectivity index (χ2v) is 6.56. The quantitative estimate of drug-likeness (QED) is 0.603. The number of carbonyl (C=O) groups excluding carboxylic acids is 1. The number of rotatable bonds is 2. The van der Waals surface area contributed by atoms with Gasteiger partial charge in [-0.1, -0.05) is 6.07 Å². The number of benzene rings is 1. The Morgan fingerprint density at radius 2 is 2.19 bits per heavy atom. The Labute approximate surface area is 131 Å². The molecule has 1 aliphatic rings. The molecule has 0 bridgehead atoms. The van der Waals surface area contributed by atoms with Crippen molar-refractivity contribution in [2.45, 2.75) is 32.5 Å². The molecule has 0 spiro atoms. The summed E-state index contributed by atoms with van der Waals surface area (Å²) in [6.45, 7) is 6.67. The zero-order chi connectivity index (χ0) is 15.8. The number of nitro benzene ring substituents is 1. The number of hydrogen-bond acceptors (Lipinski definition) is 4. The predicted molar refractivity (Wildman–Crippen MR) is 81.3 cm³/mol. The van der Waals surface area contributed by atoms with E-state index in [1.165, 1.54) is 12.1 Å². The van der Waals surface area contributed by atoms with Crippen LogP contribution in [0.2, 0.25) is 0 Å². The van der Waals surface area contributed by atoms with Gasteiger partial charge in [0.15, 0.2) is 0 Å². The number of carbonyl (C=O) groups is 1. The molecule has 21 heavy (non-hydrogen) atoms. The monoisotopic (exact) mass is 356 g/mol. The van der Waals surface area contributed by atoms with Gasteiger partial charge in [0.1, 0.15) is 4.47 Å². The molecule has 0 N–H and O–H groups in total. The molecule has 0 saturated carbocycles. The molecule has 1 fully saturated rings. The first-order valence-corrected chi connectivity index (χ1v) is 7.40. The minimum absolute atomic E-state index is 0.0739. The number of hydrogen-bond donors (Lipinski definition) is 0. The molecule has 6 nitrogen and oxygen atoms in total. The van der Waals surface area contributed by atoms with Gasteiger partial charge in [-0.25, -0.2) is 0 Å².